The Balaban J connectivity index is 0.00000121. The molecule has 7 heteroatoms. The van der Waals surface area contributed by atoms with Crippen LogP contribution in [0, 0.1) is 0 Å². The Kier molecular flexibility index (Phi) is 6.88. The van der Waals surface area contributed by atoms with Crippen molar-refractivity contribution in [1.82, 2.24) is 9.55 Å². The Morgan fingerprint density at radius 2 is 2.12 bits per heavy atom. The van der Waals surface area contributed by atoms with Crippen LogP contribution in [0.2, 0.25) is 0 Å². The first-order valence-corrected chi connectivity index (χ1v) is 5.48. The van der Waals surface area contributed by atoms with E-state index in [0.29, 0.717) is 0 Å². The van der Waals surface area contributed by atoms with Crippen LogP contribution in [0.1, 0.15) is 6.92 Å². The van der Waals surface area contributed by atoms with E-state index in [0.717, 1.165) is 4.57 Å². The molecule has 0 bridgehead atoms. The molecular weight excluding hydrogens is 292 g/mol. The smallest absolute Gasteiger partial charge is 0.328 e. The van der Waals surface area contributed by atoms with Gasteiger partial charge in [0.1, 0.15) is 6.54 Å². The topological polar surface area (TPSA) is 81.2 Å². The molecule has 6 nitrogen and oxygen atoms in total. The van der Waals surface area contributed by atoms with Crippen LogP contribution in [0.15, 0.2) is 33.4 Å². The molecule has 0 saturated heterocycles. The molecule has 17 heavy (non-hydrogen) atoms. The fraction of sp³-hybridized carbons (Fsp3) is 0.300. The van der Waals surface area contributed by atoms with Crippen LogP contribution in [0.5, 0.6) is 0 Å². The van der Waals surface area contributed by atoms with Gasteiger partial charge in [0.15, 0.2) is 0 Å². The highest BCUT2D eigenvalue weighted by molar-refractivity contribution is 9.10. The summed E-state index contributed by atoms with van der Waals surface area (Å²) in [6.07, 6.45) is 1.25. The lowest BCUT2D eigenvalue weighted by Gasteiger charge is -2.04. The maximum absolute atomic E-state index is 11.2. The summed E-state index contributed by atoms with van der Waals surface area (Å²) in [6, 6.07) is 0. The molecule has 0 saturated carbocycles. The zero-order chi connectivity index (χ0) is 13.4. The van der Waals surface area contributed by atoms with Gasteiger partial charge in [0, 0.05) is 6.20 Å². The van der Waals surface area contributed by atoms with Gasteiger partial charge in [-0.3, -0.25) is 19.1 Å². The zero-order valence-electron chi connectivity index (χ0n) is 9.36. The molecular formula is C10H13BrN2O4. The summed E-state index contributed by atoms with van der Waals surface area (Å²) < 4.78 is 5.91. The molecule has 0 aliphatic heterocycles. The van der Waals surface area contributed by atoms with Crippen LogP contribution in [0.25, 0.3) is 0 Å². The highest BCUT2D eigenvalue weighted by atomic mass is 79.9. The van der Waals surface area contributed by atoms with Crippen molar-refractivity contribution in [3.63, 3.8) is 0 Å². The van der Waals surface area contributed by atoms with Crippen LogP contribution in [0.4, 0.5) is 0 Å². The van der Waals surface area contributed by atoms with Gasteiger partial charge in [-0.2, -0.15) is 0 Å². The fourth-order valence-corrected chi connectivity index (χ4v) is 1.29. The first-order valence-electron chi connectivity index (χ1n) is 4.69. The largest absolute Gasteiger partial charge is 0.465 e. The molecule has 0 aromatic carbocycles. The van der Waals surface area contributed by atoms with Crippen LogP contribution in [-0.4, -0.2) is 22.1 Å². The molecule has 0 spiro atoms. The van der Waals surface area contributed by atoms with Crippen molar-refractivity contribution in [2.75, 3.05) is 6.61 Å². The van der Waals surface area contributed by atoms with Crippen LogP contribution < -0.4 is 11.2 Å². The number of carbonyl (C=O) groups excluding carboxylic acids is 1. The number of nitrogens with one attached hydrogen (secondary N) is 1. The predicted molar refractivity (Wildman–Crippen MR) is 66.9 cm³/mol. The van der Waals surface area contributed by atoms with E-state index >= 15 is 0 Å². The van der Waals surface area contributed by atoms with E-state index in [1.807, 2.05) is 0 Å². The van der Waals surface area contributed by atoms with Gasteiger partial charge < -0.3 is 4.74 Å². The van der Waals surface area contributed by atoms with Gasteiger partial charge in [-0.15, -0.1) is 13.2 Å². The van der Waals surface area contributed by atoms with E-state index < -0.39 is 17.2 Å². The van der Waals surface area contributed by atoms with Gasteiger partial charge >= 0.3 is 11.7 Å². The van der Waals surface area contributed by atoms with Gasteiger partial charge in [-0.05, 0) is 22.9 Å². The van der Waals surface area contributed by atoms with E-state index in [1.165, 1.54) is 6.20 Å². The lowest BCUT2D eigenvalue weighted by Crippen LogP contribution is -2.32. The second kappa shape index (κ2) is 7.61. The maximum atomic E-state index is 11.2. The van der Waals surface area contributed by atoms with Gasteiger partial charge in [0.05, 0.1) is 11.1 Å². The Bertz CT molecular complexity index is 492. The first-order chi connectivity index (χ1) is 8.04. The summed E-state index contributed by atoms with van der Waals surface area (Å²) in [7, 11) is 0. The maximum Gasteiger partial charge on any atom is 0.328 e. The van der Waals surface area contributed by atoms with Crippen LogP contribution in [-0.2, 0) is 16.1 Å². The van der Waals surface area contributed by atoms with Crippen molar-refractivity contribution in [1.29, 1.82) is 0 Å². The summed E-state index contributed by atoms with van der Waals surface area (Å²) in [5.74, 6) is -0.529. The summed E-state index contributed by atoms with van der Waals surface area (Å²) in [4.78, 5) is 35.3. The first kappa shape index (κ1) is 15.4. The van der Waals surface area contributed by atoms with Crippen molar-refractivity contribution in [2.45, 2.75) is 13.5 Å². The van der Waals surface area contributed by atoms with E-state index in [9.17, 15) is 14.4 Å². The average Bonchev–Trinajstić information content (AvgIpc) is 2.29. The highest BCUT2D eigenvalue weighted by Gasteiger charge is 2.07. The number of aromatic amines is 1. The van der Waals surface area contributed by atoms with Crippen molar-refractivity contribution in [3.05, 3.63) is 44.7 Å². The summed E-state index contributed by atoms with van der Waals surface area (Å²) >= 11 is 2.95. The highest BCUT2D eigenvalue weighted by Crippen LogP contribution is 1.97. The second-order valence-electron chi connectivity index (χ2n) is 2.67. The summed E-state index contributed by atoms with van der Waals surface area (Å²) in [5.41, 5.74) is -1.17. The Morgan fingerprint density at radius 1 is 1.53 bits per heavy atom. The van der Waals surface area contributed by atoms with E-state index in [-0.39, 0.29) is 17.6 Å². The molecule has 0 amide bonds. The third-order valence-corrected chi connectivity index (χ3v) is 2.14. The van der Waals surface area contributed by atoms with E-state index in [2.05, 4.69) is 38.8 Å². The Hall–Kier alpha value is -1.63. The van der Waals surface area contributed by atoms with Crippen molar-refractivity contribution in [3.8, 4) is 0 Å². The molecule has 1 rings (SSSR count). The molecule has 0 radical (unpaired) electrons. The minimum absolute atomic E-state index is 0.186. The predicted octanol–water partition coefficient (Wildman–Crippen LogP) is 0.664. The van der Waals surface area contributed by atoms with E-state index in [1.54, 1.807) is 6.92 Å². The Morgan fingerprint density at radius 3 is 2.65 bits per heavy atom. The summed E-state index contributed by atoms with van der Waals surface area (Å²) in [6.45, 7) is 7.70. The number of halogens is 1. The number of esters is 1. The molecule has 0 aliphatic carbocycles. The lowest BCUT2D eigenvalue weighted by molar-refractivity contribution is -0.143. The van der Waals surface area contributed by atoms with Gasteiger partial charge in [-0.25, -0.2) is 4.79 Å². The van der Waals surface area contributed by atoms with Crippen molar-refractivity contribution in [2.24, 2.45) is 0 Å². The van der Waals surface area contributed by atoms with Gasteiger partial charge in [0.25, 0.3) is 5.56 Å². The van der Waals surface area contributed by atoms with Gasteiger partial charge in [0.2, 0.25) is 0 Å². The number of nitrogens with zero attached hydrogens (tertiary/aromatic N) is 1. The third-order valence-electron chi connectivity index (χ3n) is 1.57. The monoisotopic (exact) mass is 304 g/mol. The average molecular weight is 305 g/mol. The minimum Gasteiger partial charge on any atom is -0.465 e. The molecule has 0 unspecified atom stereocenters. The molecule has 1 aromatic heterocycles. The quantitative estimate of drug-likeness (QED) is 0.657. The van der Waals surface area contributed by atoms with Crippen LogP contribution >= 0.6 is 15.9 Å². The summed E-state index contributed by atoms with van der Waals surface area (Å²) in [5, 5.41) is 0. The molecule has 94 valence electrons. The minimum atomic E-state index is -0.642. The number of carbonyl (C=O) groups is 1. The lowest BCUT2D eigenvalue weighted by atomic mass is 10.5. The number of ether oxygens (including phenoxy) is 1. The van der Waals surface area contributed by atoms with Crippen molar-refractivity contribution >= 4 is 21.9 Å². The number of rotatable bonds is 3. The molecule has 1 N–H and O–H groups in total. The fourth-order valence-electron chi connectivity index (χ4n) is 0.946. The molecule has 1 aromatic rings. The van der Waals surface area contributed by atoms with E-state index in [4.69, 9.17) is 0 Å². The van der Waals surface area contributed by atoms with Crippen molar-refractivity contribution < 1.29 is 9.53 Å². The third kappa shape index (κ3) is 4.81. The molecule has 1 heterocycles. The molecule has 0 atom stereocenters. The zero-order valence-corrected chi connectivity index (χ0v) is 10.9. The number of hydrogen-bond donors (Lipinski definition) is 1. The standard InChI is InChI=1S/C8H9BrN2O4.C2H4/c1-2-15-6(12)4-11-3-5(9)7(13)10-8(11)14;1-2/h3H,2,4H2,1H3,(H,10,13,14);1-2H2. The number of H-pyrrole nitrogens is 1. The number of hydrogen-bond acceptors (Lipinski definition) is 4. The molecule has 0 aliphatic rings. The Labute approximate surface area is 106 Å². The second-order valence-corrected chi connectivity index (χ2v) is 3.52. The molecule has 0 fully saturated rings. The van der Waals surface area contributed by atoms with Crippen LogP contribution in [0.3, 0.4) is 0 Å². The normalized spacial score (nSPS) is 9.06. The number of aromatic nitrogens is 2. The SMILES string of the molecule is C=C.CCOC(=O)Cn1cc(Br)c(=O)[nH]c1=O. The van der Waals surface area contributed by atoms with Gasteiger partial charge in [-0.1, -0.05) is 0 Å².